The van der Waals surface area contributed by atoms with Gasteiger partial charge in [-0.1, -0.05) is 23.2 Å². The van der Waals surface area contributed by atoms with Crippen LogP contribution in [0.5, 0.6) is 11.5 Å². The molecule has 0 fully saturated rings. The lowest BCUT2D eigenvalue weighted by molar-refractivity contribution is 0.318. The maximum absolute atomic E-state index is 9.65. The van der Waals surface area contributed by atoms with Crippen molar-refractivity contribution in [3.8, 4) is 22.9 Å². The lowest BCUT2D eigenvalue weighted by Crippen LogP contribution is -1.96. The molecule has 0 amide bonds. The van der Waals surface area contributed by atoms with Gasteiger partial charge >= 0.3 is 0 Å². The molecule has 0 aliphatic rings. The minimum Gasteiger partial charge on any atom is -0.504 e. The molecule has 1 aromatic heterocycles. The van der Waals surface area contributed by atoms with Gasteiger partial charge in [0.05, 0.1) is 6.61 Å². The van der Waals surface area contributed by atoms with Gasteiger partial charge in [-0.2, -0.15) is 0 Å². The summed E-state index contributed by atoms with van der Waals surface area (Å²) in [4.78, 5) is 8.33. The Morgan fingerprint density at radius 2 is 1.84 bits per heavy atom. The maximum atomic E-state index is 9.65. The van der Waals surface area contributed by atoms with Crippen LogP contribution in [0.1, 0.15) is 12.5 Å². The van der Waals surface area contributed by atoms with Crippen molar-refractivity contribution in [2.45, 2.75) is 13.8 Å². The molecule has 0 atom stereocenters. The zero-order valence-corrected chi connectivity index (χ0v) is 12.0. The molecule has 6 heteroatoms. The van der Waals surface area contributed by atoms with E-state index in [1.54, 1.807) is 19.1 Å². The lowest BCUT2D eigenvalue weighted by Gasteiger charge is -2.09. The molecule has 0 bridgehead atoms. The average Bonchev–Trinajstić information content (AvgIpc) is 2.38. The maximum Gasteiger partial charge on any atom is 0.162 e. The fourth-order valence-corrected chi connectivity index (χ4v) is 1.90. The zero-order valence-electron chi connectivity index (χ0n) is 10.4. The highest BCUT2D eigenvalue weighted by atomic mass is 35.5. The summed E-state index contributed by atoms with van der Waals surface area (Å²) in [6.07, 6.45) is 0. The minimum absolute atomic E-state index is 0.0647. The Labute approximate surface area is 121 Å². The van der Waals surface area contributed by atoms with Gasteiger partial charge in [-0.05, 0) is 32.0 Å². The van der Waals surface area contributed by atoms with Crippen molar-refractivity contribution in [2.24, 2.45) is 0 Å². The Balaban J connectivity index is 2.50. The van der Waals surface area contributed by atoms with E-state index in [9.17, 15) is 5.11 Å². The SMILES string of the molecule is CCOc1cc(-c2nc(Cl)c(C)c(Cl)n2)ccc1O. The summed E-state index contributed by atoms with van der Waals surface area (Å²) in [5.74, 6) is 0.827. The lowest BCUT2D eigenvalue weighted by atomic mass is 10.2. The number of benzene rings is 1. The molecule has 0 aliphatic carbocycles. The van der Waals surface area contributed by atoms with E-state index < -0.39 is 0 Å². The van der Waals surface area contributed by atoms with Gasteiger partial charge in [-0.3, -0.25) is 0 Å². The molecule has 1 heterocycles. The fourth-order valence-electron chi connectivity index (χ4n) is 1.52. The Bertz CT molecular complexity index is 595. The summed E-state index contributed by atoms with van der Waals surface area (Å²) < 4.78 is 5.31. The van der Waals surface area contributed by atoms with Gasteiger partial charge in [0.15, 0.2) is 17.3 Å². The van der Waals surface area contributed by atoms with E-state index in [1.165, 1.54) is 6.07 Å². The van der Waals surface area contributed by atoms with Gasteiger partial charge in [-0.15, -0.1) is 0 Å². The van der Waals surface area contributed by atoms with Gasteiger partial charge in [0, 0.05) is 11.1 Å². The summed E-state index contributed by atoms with van der Waals surface area (Å²) in [6, 6.07) is 4.84. The molecule has 1 N–H and O–H groups in total. The number of aromatic hydroxyl groups is 1. The Kier molecular flexibility index (Phi) is 4.12. The molecule has 0 radical (unpaired) electrons. The highest BCUT2D eigenvalue weighted by molar-refractivity contribution is 6.34. The van der Waals surface area contributed by atoms with Crippen molar-refractivity contribution in [3.05, 3.63) is 34.1 Å². The third kappa shape index (κ3) is 2.91. The van der Waals surface area contributed by atoms with E-state index in [1.807, 2.05) is 6.92 Å². The fraction of sp³-hybridized carbons (Fsp3) is 0.231. The molecule has 1 aromatic carbocycles. The third-order valence-electron chi connectivity index (χ3n) is 2.54. The first kappa shape index (κ1) is 13.9. The molecule has 4 nitrogen and oxygen atoms in total. The predicted octanol–water partition coefficient (Wildman–Crippen LogP) is 3.86. The number of hydrogen-bond acceptors (Lipinski definition) is 4. The van der Waals surface area contributed by atoms with E-state index in [0.717, 1.165) is 0 Å². The van der Waals surface area contributed by atoms with Crippen LogP contribution >= 0.6 is 23.2 Å². The van der Waals surface area contributed by atoms with Gasteiger partial charge < -0.3 is 9.84 Å². The summed E-state index contributed by atoms with van der Waals surface area (Å²) in [6.45, 7) is 4.03. The average molecular weight is 299 g/mol. The first-order valence-corrected chi connectivity index (χ1v) is 6.44. The van der Waals surface area contributed by atoms with Crippen molar-refractivity contribution >= 4 is 23.2 Å². The molecule has 0 saturated heterocycles. The minimum atomic E-state index is 0.0647. The van der Waals surface area contributed by atoms with Gasteiger partial charge in [0.2, 0.25) is 0 Å². The van der Waals surface area contributed by atoms with Crippen LogP contribution in [0, 0.1) is 6.92 Å². The zero-order chi connectivity index (χ0) is 14.0. The number of nitrogens with zero attached hydrogens (tertiary/aromatic N) is 2. The number of aromatic nitrogens is 2. The molecule has 19 heavy (non-hydrogen) atoms. The number of rotatable bonds is 3. The highest BCUT2D eigenvalue weighted by Crippen LogP contribution is 2.32. The summed E-state index contributed by atoms with van der Waals surface area (Å²) in [7, 11) is 0. The van der Waals surface area contributed by atoms with E-state index in [2.05, 4.69) is 9.97 Å². The molecule has 0 aliphatic heterocycles. The molecular formula is C13H12Cl2N2O2. The van der Waals surface area contributed by atoms with Gasteiger partial charge in [0.25, 0.3) is 0 Å². The van der Waals surface area contributed by atoms with Crippen LogP contribution in [0.2, 0.25) is 10.3 Å². The highest BCUT2D eigenvalue weighted by Gasteiger charge is 2.11. The van der Waals surface area contributed by atoms with E-state index in [0.29, 0.717) is 39.6 Å². The van der Waals surface area contributed by atoms with Crippen LogP contribution in [0.4, 0.5) is 0 Å². The normalized spacial score (nSPS) is 10.5. The molecule has 2 rings (SSSR count). The van der Waals surface area contributed by atoms with Crippen LogP contribution < -0.4 is 4.74 Å². The number of hydrogen-bond donors (Lipinski definition) is 1. The largest absolute Gasteiger partial charge is 0.504 e. The summed E-state index contributed by atoms with van der Waals surface area (Å²) in [5, 5.41) is 10.3. The quantitative estimate of drug-likeness (QED) is 0.874. The van der Waals surface area contributed by atoms with Crippen molar-refractivity contribution in [1.29, 1.82) is 0 Å². The molecule has 0 spiro atoms. The predicted molar refractivity (Wildman–Crippen MR) is 75.1 cm³/mol. The Hall–Kier alpha value is -1.52. The van der Waals surface area contributed by atoms with Crippen LogP contribution in [0.15, 0.2) is 18.2 Å². The molecular weight excluding hydrogens is 287 g/mol. The number of phenols is 1. The topological polar surface area (TPSA) is 55.2 Å². The summed E-state index contributed by atoms with van der Waals surface area (Å²) >= 11 is 12.0. The van der Waals surface area contributed by atoms with Gasteiger partial charge in [0.1, 0.15) is 10.3 Å². The monoisotopic (exact) mass is 298 g/mol. The number of phenolic OH excluding ortho intramolecular Hbond substituents is 1. The second kappa shape index (κ2) is 5.63. The van der Waals surface area contributed by atoms with E-state index in [4.69, 9.17) is 27.9 Å². The smallest absolute Gasteiger partial charge is 0.162 e. The van der Waals surface area contributed by atoms with E-state index in [-0.39, 0.29) is 5.75 Å². The first-order valence-electron chi connectivity index (χ1n) is 5.68. The van der Waals surface area contributed by atoms with Gasteiger partial charge in [-0.25, -0.2) is 9.97 Å². The van der Waals surface area contributed by atoms with Crippen LogP contribution in [-0.2, 0) is 0 Å². The van der Waals surface area contributed by atoms with Crippen molar-refractivity contribution in [3.63, 3.8) is 0 Å². The number of ether oxygens (including phenoxy) is 1. The molecule has 100 valence electrons. The first-order chi connectivity index (χ1) is 9.02. The molecule has 0 unspecified atom stereocenters. The van der Waals surface area contributed by atoms with E-state index >= 15 is 0 Å². The molecule has 0 saturated carbocycles. The second-order valence-corrected chi connectivity index (χ2v) is 4.59. The van der Waals surface area contributed by atoms with Crippen LogP contribution in [-0.4, -0.2) is 21.7 Å². The Morgan fingerprint density at radius 3 is 2.42 bits per heavy atom. The van der Waals surface area contributed by atoms with Crippen molar-refractivity contribution in [2.75, 3.05) is 6.61 Å². The standard InChI is InChI=1S/C13H12Cl2N2O2/c1-3-19-10-6-8(4-5-9(10)18)13-16-11(14)7(2)12(15)17-13/h4-6,18H,3H2,1-2H3. The van der Waals surface area contributed by atoms with Crippen molar-refractivity contribution < 1.29 is 9.84 Å². The van der Waals surface area contributed by atoms with Crippen LogP contribution in [0.25, 0.3) is 11.4 Å². The van der Waals surface area contributed by atoms with Crippen molar-refractivity contribution in [1.82, 2.24) is 9.97 Å². The second-order valence-electron chi connectivity index (χ2n) is 3.87. The third-order valence-corrected chi connectivity index (χ3v) is 3.28. The van der Waals surface area contributed by atoms with Crippen LogP contribution in [0.3, 0.4) is 0 Å². The Morgan fingerprint density at radius 1 is 1.21 bits per heavy atom. The number of halogens is 2. The molecule has 2 aromatic rings. The summed E-state index contributed by atoms with van der Waals surface area (Å²) in [5.41, 5.74) is 1.31.